The van der Waals surface area contributed by atoms with Gasteiger partial charge in [-0.1, -0.05) is 169 Å². The molecule has 6 aromatic carbocycles. The van der Waals surface area contributed by atoms with Gasteiger partial charge in [0, 0.05) is 0 Å². The van der Waals surface area contributed by atoms with Crippen LogP contribution in [0, 0.1) is 0 Å². The first-order chi connectivity index (χ1) is 21.1. The van der Waals surface area contributed by atoms with Crippen LogP contribution in [-0.4, -0.2) is 37.7 Å². The molecule has 0 amide bonds. The SMILES string of the molecule is [Ca+2].[O-]c1ccc(-c2ccc(/C=C/c3ccccc3)cc2)cc1Oc1cc(-c2ccc(/C=C/c3ccccc3)cc2)ccc1[O-]. The van der Waals surface area contributed by atoms with Gasteiger partial charge in [0.15, 0.2) is 0 Å². The molecule has 4 heteroatoms. The molecule has 0 fully saturated rings. The summed E-state index contributed by atoms with van der Waals surface area (Å²) in [7, 11) is 0. The standard InChI is InChI=1S/C40H30O3.Ca/c41-37-25-23-35(33-19-15-31(16-20-33)13-11-29-7-3-1-4-8-29)27-39(37)43-40-28-36(24-26-38(40)42)34-21-17-32(18-22-34)14-12-30-9-5-2-6-10-30;/h1-28,41-42H;/q;+2/p-2/b13-11+,14-12+;. The average Bonchev–Trinajstić information content (AvgIpc) is 3.06. The predicted octanol–water partition coefficient (Wildman–Crippen LogP) is 8.92. The third kappa shape index (κ3) is 7.89. The number of benzene rings is 6. The Kier molecular flexibility index (Phi) is 10.4. The fraction of sp³-hybridized carbons (Fsp3) is 0. The van der Waals surface area contributed by atoms with Gasteiger partial charge >= 0.3 is 37.7 Å². The van der Waals surface area contributed by atoms with E-state index in [4.69, 9.17) is 4.74 Å². The largest absolute Gasteiger partial charge is 2.00 e. The molecule has 0 aliphatic carbocycles. The van der Waals surface area contributed by atoms with Crippen LogP contribution in [0.5, 0.6) is 23.0 Å². The van der Waals surface area contributed by atoms with E-state index in [1.165, 1.54) is 12.1 Å². The van der Waals surface area contributed by atoms with E-state index in [0.717, 1.165) is 44.5 Å². The summed E-state index contributed by atoms with van der Waals surface area (Å²) in [6.45, 7) is 0. The monoisotopic (exact) mass is 596 g/mol. The average molecular weight is 597 g/mol. The molecule has 0 bridgehead atoms. The van der Waals surface area contributed by atoms with Crippen molar-refractivity contribution in [2.24, 2.45) is 0 Å². The molecular weight excluding hydrogens is 569 g/mol. The van der Waals surface area contributed by atoms with E-state index < -0.39 is 0 Å². The maximum atomic E-state index is 12.7. The minimum absolute atomic E-state index is 0. The second-order valence-electron chi connectivity index (χ2n) is 10.2. The zero-order valence-corrected chi connectivity index (χ0v) is 26.3. The summed E-state index contributed by atoms with van der Waals surface area (Å²) < 4.78 is 5.94. The van der Waals surface area contributed by atoms with Crippen molar-refractivity contribution in [3.05, 3.63) is 168 Å². The molecule has 0 saturated carbocycles. The Bertz CT molecular complexity index is 1740. The molecule has 0 N–H and O–H groups in total. The molecule has 0 unspecified atom stereocenters. The van der Waals surface area contributed by atoms with E-state index in [-0.39, 0.29) is 60.7 Å². The maximum absolute atomic E-state index is 12.7. The molecule has 44 heavy (non-hydrogen) atoms. The predicted molar refractivity (Wildman–Crippen MR) is 179 cm³/mol. The second kappa shape index (κ2) is 14.8. The van der Waals surface area contributed by atoms with Crippen LogP contribution in [0.1, 0.15) is 22.3 Å². The van der Waals surface area contributed by atoms with E-state index in [1.54, 1.807) is 24.3 Å². The normalized spacial score (nSPS) is 11.0. The van der Waals surface area contributed by atoms with E-state index in [0.29, 0.717) is 0 Å². The van der Waals surface area contributed by atoms with Crippen molar-refractivity contribution in [1.29, 1.82) is 0 Å². The first kappa shape index (κ1) is 30.9. The van der Waals surface area contributed by atoms with Gasteiger partial charge in [-0.3, -0.25) is 0 Å². The zero-order chi connectivity index (χ0) is 29.4. The van der Waals surface area contributed by atoms with E-state index in [1.807, 2.05) is 84.9 Å². The fourth-order valence-corrected chi connectivity index (χ4v) is 4.74. The van der Waals surface area contributed by atoms with Gasteiger partial charge in [-0.15, -0.1) is 0 Å². The van der Waals surface area contributed by atoms with Crippen molar-refractivity contribution in [2.75, 3.05) is 0 Å². The number of hydrogen-bond donors (Lipinski definition) is 0. The molecule has 208 valence electrons. The molecule has 0 aliphatic rings. The van der Waals surface area contributed by atoms with Crippen LogP contribution in [0.25, 0.3) is 46.6 Å². The summed E-state index contributed by atoms with van der Waals surface area (Å²) >= 11 is 0. The van der Waals surface area contributed by atoms with Gasteiger partial charge in [0.05, 0.1) is 0 Å². The maximum Gasteiger partial charge on any atom is 2.00 e. The van der Waals surface area contributed by atoms with Crippen molar-refractivity contribution in [3.8, 4) is 45.3 Å². The Morgan fingerprint density at radius 2 is 0.682 bits per heavy atom. The third-order valence-corrected chi connectivity index (χ3v) is 7.13. The Morgan fingerprint density at radius 3 is 1.05 bits per heavy atom. The Labute approximate surface area is 288 Å². The van der Waals surface area contributed by atoms with Gasteiger partial charge in [0.25, 0.3) is 0 Å². The summed E-state index contributed by atoms with van der Waals surface area (Å²) in [4.78, 5) is 0. The molecule has 0 spiro atoms. The molecular formula is C40H28CaO3. The fourth-order valence-electron chi connectivity index (χ4n) is 4.74. The number of hydrogen-bond acceptors (Lipinski definition) is 3. The van der Waals surface area contributed by atoms with Gasteiger partial charge in [-0.05, 0) is 56.6 Å². The Hall–Kier alpha value is -4.54. The molecule has 0 radical (unpaired) electrons. The van der Waals surface area contributed by atoms with E-state index >= 15 is 0 Å². The van der Waals surface area contributed by atoms with Crippen LogP contribution in [-0.2, 0) is 0 Å². The molecule has 3 nitrogen and oxygen atoms in total. The summed E-state index contributed by atoms with van der Waals surface area (Å²) in [6.07, 6.45) is 8.26. The van der Waals surface area contributed by atoms with Crippen LogP contribution in [0.15, 0.2) is 146 Å². The van der Waals surface area contributed by atoms with E-state index in [9.17, 15) is 10.2 Å². The number of ether oxygens (including phenoxy) is 1. The molecule has 0 atom stereocenters. The minimum Gasteiger partial charge on any atom is -0.870 e. The minimum atomic E-state index is -0.287. The summed E-state index contributed by atoms with van der Waals surface area (Å²) in [5, 5.41) is 25.4. The van der Waals surface area contributed by atoms with E-state index in [2.05, 4.69) is 48.6 Å². The first-order valence-electron chi connectivity index (χ1n) is 14.1. The van der Waals surface area contributed by atoms with Crippen LogP contribution >= 0.6 is 0 Å². The molecule has 6 aromatic rings. The second-order valence-corrected chi connectivity index (χ2v) is 10.2. The number of rotatable bonds is 8. The van der Waals surface area contributed by atoms with Crippen molar-refractivity contribution in [1.82, 2.24) is 0 Å². The van der Waals surface area contributed by atoms with Crippen molar-refractivity contribution >= 4 is 62.0 Å². The van der Waals surface area contributed by atoms with Crippen LogP contribution in [0.3, 0.4) is 0 Å². The molecule has 0 aliphatic heterocycles. The van der Waals surface area contributed by atoms with Crippen LogP contribution in [0.4, 0.5) is 0 Å². The molecule has 0 saturated heterocycles. The zero-order valence-electron chi connectivity index (χ0n) is 24.1. The smallest absolute Gasteiger partial charge is 0.870 e. The van der Waals surface area contributed by atoms with Crippen molar-refractivity contribution < 1.29 is 14.9 Å². The van der Waals surface area contributed by atoms with Crippen molar-refractivity contribution in [2.45, 2.75) is 0 Å². The van der Waals surface area contributed by atoms with Gasteiger partial charge in [0.2, 0.25) is 0 Å². The van der Waals surface area contributed by atoms with Crippen LogP contribution < -0.4 is 14.9 Å². The third-order valence-electron chi connectivity index (χ3n) is 7.13. The molecule has 6 rings (SSSR count). The van der Waals surface area contributed by atoms with Crippen LogP contribution in [0.2, 0.25) is 0 Å². The van der Waals surface area contributed by atoms with Gasteiger partial charge in [0.1, 0.15) is 11.5 Å². The Morgan fingerprint density at radius 1 is 0.364 bits per heavy atom. The van der Waals surface area contributed by atoms with Crippen molar-refractivity contribution in [3.63, 3.8) is 0 Å². The summed E-state index contributed by atoms with van der Waals surface area (Å²) in [5.74, 6) is -0.349. The molecule has 0 aromatic heterocycles. The molecule has 0 heterocycles. The van der Waals surface area contributed by atoms with Gasteiger partial charge in [-0.2, -0.15) is 0 Å². The first-order valence-corrected chi connectivity index (χ1v) is 14.1. The summed E-state index contributed by atoms with van der Waals surface area (Å²) in [6, 6.07) is 46.3. The van der Waals surface area contributed by atoms with Gasteiger partial charge in [-0.25, -0.2) is 0 Å². The Balaban J connectivity index is 0.00000384. The quantitative estimate of drug-likeness (QED) is 0.130. The van der Waals surface area contributed by atoms with Gasteiger partial charge < -0.3 is 14.9 Å². The topological polar surface area (TPSA) is 55.3 Å². The summed E-state index contributed by atoms with van der Waals surface area (Å²) in [5.41, 5.74) is 7.95.